The molecule has 0 aromatic heterocycles. The van der Waals surface area contributed by atoms with Gasteiger partial charge in [0.1, 0.15) is 18.1 Å². The Labute approximate surface area is 225 Å². The third-order valence-corrected chi connectivity index (χ3v) is 9.80. The van der Waals surface area contributed by atoms with Gasteiger partial charge >= 0.3 is 6.03 Å². The van der Waals surface area contributed by atoms with E-state index in [0.29, 0.717) is 13.0 Å². The van der Waals surface area contributed by atoms with Gasteiger partial charge in [0.2, 0.25) is 17.7 Å². The van der Waals surface area contributed by atoms with E-state index in [0.717, 1.165) is 25.7 Å². The van der Waals surface area contributed by atoms with Crippen LogP contribution in [0.25, 0.3) is 0 Å². The second kappa shape index (κ2) is 8.85. The molecule has 3 aliphatic carbocycles. The lowest BCUT2D eigenvalue weighted by Crippen LogP contribution is -2.61. The first-order chi connectivity index (χ1) is 17.7. The van der Waals surface area contributed by atoms with Gasteiger partial charge in [-0.1, -0.05) is 34.6 Å². The molecule has 5 aliphatic rings. The van der Waals surface area contributed by atoms with E-state index >= 15 is 0 Å². The minimum absolute atomic E-state index is 0.0132. The summed E-state index contributed by atoms with van der Waals surface area (Å²) in [4.78, 5) is 56.3. The van der Waals surface area contributed by atoms with Crippen LogP contribution in [-0.2, 0) is 14.4 Å². The average Bonchev–Trinajstić information content (AvgIpc) is 3.78. The predicted molar refractivity (Wildman–Crippen MR) is 139 cm³/mol. The Balaban J connectivity index is 1.30. The molecule has 2 aliphatic heterocycles. The average molecular weight is 527 g/mol. The van der Waals surface area contributed by atoms with Gasteiger partial charge in [-0.3, -0.25) is 14.4 Å². The molecule has 2 heterocycles. The molecule has 0 unspecified atom stereocenters. The summed E-state index contributed by atoms with van der Waals surface area (Å²) in [7, 11) is 1.75. The molecule has 0 aromatic carbocycles. The third kappa shape index (κ3) is 4.73. The molecule has 2 saturated heterocycles. The fraction of sp³-hybridized carbons (Fsp3) is 0.821. The Bertz CT molecular complexity index is 1080. The summed E-state index contributed by atoms with van der Waals surface area (Å²) in [6.45, 7) is 10.4. The molecule has 6 atom stereocenters. The van der Waals surface area contributed by atoms with Crippen LogP contribution in [0.3, 0.4) is 0 Å². The lowest BCUT2D eigenvalue weighted by Gasteiger charge is -2.38. The maximum Gasteiger partial charge on any atom is 0.318 e. The van der Waals surface area contributed by atoms with E-state index in [1.54, 1.807) is 16.8 Å². The highest BCUT2D eigenvalue weighted by molar-refractivity contribution is 5.94. The van der Waals surface area contributed by atoms with Gasteiger partial charge < -0.3 is 25.8 Å². The number of amides is 5. The summed E-state index contributed by atoms with van der Waals surface area (Å²) in [5, 5.41) is 18.7. The molecule has 0 aromatic rings. The fourth-order valence-corrected chi connectivity index (χ4v) is 6.82. The third-order valence-electron chi connectivity index (χ3n) is 9.80. The Kier molecular flexibility index (Phi) is 6.23. The molecule has 10 heteroatoms. The zero-order valence-corrected chi connectivity index (χ0v) is 23.5. The van der Waals surface area contributed by atoms with Crippen LogP contribution in [0.1, 0.15) is 73.1 Å². The van der Waals surface area contributed by atoms with Crippen molar-refractivity contribution in [3.05, 3.63) is 0 Å². The summed E-state index contributed by atoms with van der Waals surface area (Å²) in [6.07, 6.45) is 4.84. The second-order valence-electron chi connectivity index (χ2n) is 14.1. The number of hydrogen-bond donors (Lipinski definition) is 3. The van der Waals surface area contributed by atoms with Crippen LogP contribution < -0.4 is 16.0 Å². The quantitative estimate of drug-likeness (QED) is 0.465. The Morgan fingerprint density at radius 1 is 1.21 bits per heavy atom. The highest BCUT2D eigenvalue weighted by Crippen LogP contribution is 2.65. The number of carbonyl (C=O) groups excluding carboxylic acids is 4. The summed E-state index contributed by atoms with van der Waals surface area (Å²) in [5.41, 5.74) is -0.743. The zero-order chi connectivity index (χ0) is 27.8. The molecule has 1 spiro atoms. The monoisotopic (exact) mass is 526 g/mol. The van der Waals surface area contributed by atoms with Crippen molar-refractivity contribution >= 4 is 23.8 Å². The Morgan fingerprint density at radius 3 is 2.39 bits per heavy atom. The van der Waals surface area contributed by atoms with Crippen LogP contribution in [0.4, 0.5) is 4.79 Å². The fourth-order valence-electron chi connectivity index (χ4n) is 6.82. The van der Waals surface area contributed by atoms with Gasteiger partial charge in [0.25, 0.3) is 0 Å². The molecule has 3 N–H and O–H groups in total. The van der Waals surface area contributed by atoms with Crippen LogP contribution in [-0.4, -0.2) is 76.9 Å². The number of carbonyl (C=O) groups is 4. The molecule has 10 nitrogen and oxygen atoms in total. The van der Waals surface area contributed by atoms with E-state index in [4.69, 9.17) is 0 Å². The van der Waals surface area contributed by atoms with E-state index < -0.39 is 23.5 Å². The van der Waals surface area contributed by atoms with Crippen molar-refractivity contribution < 1.29 is 19.2 Å². The van der Waals surface area contributed by atoms with Gasteiger partial charge in [-0.2, -0.15) is 5.26 Å². The standard InChI is InChI=1S/C28H42N6O4/c1-26(2,3)21(31-25(38)33(6)17-7-8-17)24(37)34-14-18-19(27(18,4)5)20(34)23(36)30-16(13-29)11-15-12-28(9-10-28)32-22(15)35/h15-21H,7-12,14H2,1-6H3,(H,30,36)(H,31,38)(H,32,35)/t15-,16+,18+,19+,20+,21-/m1/s1. The molecule has 38 heavy (non-hydrogen) atoms. The zero-order valence-electron chi connectivity index (χ0n) is 23.5. The number of nitrogens with zero attached hydrogens (tertiary/aromatic N) is 3. The molecular formula is C28H42N6O4. The number of nitriles is 1. The van der Waals surface area contributed by atoms with Crippen LogP contribution in [0.5, 0.6) is 0 Å². The molecular weight excluding hydrogens is 484 g/mol. The summed E-state index contributed by atoms with van der Waals surface area (Å²) in [6, 6.07) is -0.217. The van der Waals surface area contributed by atoms with Crippen LogP contribution in [0.15, 0.2) is 0 Å². The highest BCUT2D eigenvalue weighted by atomic mass is 16.2. The smallest absolute Gasteiger partial charge is 0.318 e. The van der Waals surface area contributed by atoms with E-state index in [9.17, 15) is 24.4 Å². The van der Waals surface area contributed by atoms with Crippen LogP contribution >= 0.6 is 0 Å². The van der Waals surface area contributed by atoms with Crippen molar-refractivity contribution in [1.82, 2.24) is 25.8 Å². The largest absolute Gasteiger partial charge is 0.350 e. The SMILES string of the molecule is CN(C(=O)N[C@H](C(=O)N1C[C@H]2[C@@H]([C@H]1C(=O)N[C@H](C#N)C[C@@H]1CC3(CC3)NC1=O)C2(C)C)C(C)(C)C)C1CC1. The molecule has 5 rings (SSSR count). The van der Waals surface area contributed by atoms with Crippen molar-refractivity contribution in [2.24, 2.45) is 28.6 Å². The summed E-state index contributed by atoms with van der Waals surface area (Å²) in [5.74, 6) is -0.783. The number of rotatable bonds is 7. The van der Waals surface area contributed by atoms with Gasteiger partial charge in [-0.15, -0.1) is 0 Å². The van der Waals surface area contributed by atoms with Crippen molar-refractivity contribution in [3.63, 3.8) is 0 Å². The number of piperidine rings is 1. The van der Waals surface area contributed by atoms with Crippen LogP contribution in [0.2, 0.25) is 0 Å². The van der Waals surface area contributed by atoms with E-state index in [2.05, 4.69) is 35.9 Å². The molecule has 208 valence electrons. The Morgan fingerprint density at radius 2 is 1.87 bits per heavy atom. The first-order valence-electron chi connectivity index (χ1n) is 14.0. The maximum atomic E-state index is 14.0. The minimum atomic E-state index is -0.810. The van der Waals surface area contributed by atoms with Gasteiger partial charge in [0.05, 0.1) is 6.07 Å². The van der Waals surface area contributed by atoms with Crippen LogP contribution in [0, 0.1) is 39.9 Å². The van der Waals surface area contributed by atoms with Gasteiger partial charge in [-0.05, 0) is 61.2 Å². The lowest BCUT2D eigenvalue weighted by atomic mass is 9.85. The van der Waals surface area contributed by atoms with E-state index in [-0.39, 0.29) is 64.9 Å². The summed E-state index contributed by atoms with van der Waals surface area (Å²) < 4.78 is 0. The van der Waals surface area contributed by atoms with Gasteiger partial charge in [0, 0.05) is 31.1 Å². The molecule has 0 bridgehead atoms. The molecule has 5 fully saturated rings. The van der Waals surface area contributed by atoms with Crippen molar-refractivity contribution in [2.45, 2.75) is 103 Å². The number of fused-ring (bicyclic) bond motifs is 1. The normalized spacial score (nSPS) is 31.5. The number of nitrogens with one attached hydrogen (secondary N) is 3. The first kappa shape index (κ1) is 26.8. The predicted octanol–water partition coefficient (Wildman–Crippen LogP) is 1.76. The molecule has 5 amide bonds. The second-order valence-corrected chi connectivity index (χ2v) is 14.1. The van der Waals surface area contributed by atoms with E-state index in [1.165, 1.54) is 0 Å². The molecule has 3 saturated carbocycles. The Hall–Kier alpha value is -2.83. The highest BCUT2D eigenvalue weighted by Gasteiger charge is 2.70. The number of likely N-dealkylation sites (tertiary alicyclic amines) is 1. The number of hydrogen-bond acceptors (Lipinski definition) is 5. The topological polar surface area (TPSA) is 135 Å². The van der Waals surface area contributed by atoms with Gasteiger partial charge in [0.15, 0.2) is 0 Å². The van der Waals surface area contributed by atoms with E-state index in [1.807, 2.05) is 20.8 Å². The molecule has 0 radical (unpaired) electrons. The van der Waals surface area contributed by atoms with Gasteiger partial charge in [-0.25, -0.2) is 4.79 Å². The maximum absolute atomic E-state index is 14.0. The first-order valence-corrected chi connectivity index (χ1v) is 14.0. The summed E-state index contributed by atoms with van der Waals surface area (Å²) >= 11 is 0. The lowest BCUT2D eigenvalue weighted by molar-refractivity contribution is -0.144. The number of urea groups is 1. The van der Waals surface area contributed by atoms with Crippen molar-refractivity contribution in [1.29, 1.82) is 5.26 Å². The van der Waals surface area contributed by atoms with Crippen molar-refractivity contribution in [2.75, 3.05) is 13.6 Å². The minimum Gasteiger partial charge on any atom is -0.350 e. The van der Waals surface area contributed by atoms with Crippen molar-refractivity contribution in [3.8, 4) is 6.07 Å².